The third-order valence-corrected chi connectivity index (χ3v) is 2.42. The number of carbonyl (C=O) groups is 1. The van der Waals surface area contributed by atoms with E-state index >= 15 is 0 Å². The van der Waals surface area contributed by atoms with Crippen LogP contribution < -0.4 is 10.6 Å². The van der Waals surface area contributed by atoms with Crippen LogP contribution in [0.25, 0.3) is 0 Å². The molecule has 6 heteroatoms. The van der Waals surface area contributed by atoms with Crippen LogP contribution in [0.5, 0.6) is 0 Å². The molecule has 0 aliphatic carbocycles. The van der Waals surface area contributed by atoms with Gasteiger partial charge in [0.1, 0.15) is 5.82 Å². The third-order valence-electron chi connectivity index (χ3n) is 2.42. The molecule has 1 aromatic heterocycles. The lowest BCUT2D eigenvalue weighted by atomic mass is 10.3. The minimum Gasteiger partial charge on any atom is -0.348 e. The van der Waals surface area contributed by atoms with Crippen molar-refractivity contribution in [2.45, 2.75) is 0 Å². The van der Waals surface area contributed by atoms with Crippen molar-refractivity contribution in [2.75, 3.05) is 11.9 Å². The first-order chi connectivity index (χ1) is 9.69. The van der Waals surface area contributed by atoms with Crippen LogP contribution in [0, 0.1) is 5.82 Å². The molecule has 0 saturated carbocycles. The van der Waals surface area contributed by atoms with E-state index in [-0.39, 0.29) is 11.7 Å². The van der Waals surface area contributed by atoms with Gasteiger partial charge < -0.3 is 10.6 Å². The van der Waals surface area contributed by atoms with Crippen molar-refractivity contribution in [2.24, 2.45) is 0 Å². The van der Waals surface area contributed by atoms with Crippen molar-refractivity contribution in [1.82, 2.24) is 15.3 Å². The van der Waals surface area contributed by atoms with Crippen LogP contribution in [0.4, 0.5) is 16.0 Å². The van der Waals surface area contributed by atoms with Crippen LogP contribution >= 0.6 is 0 Å². The van der Waals surface area contributed by atoms with Gasteiger partial charge in [-0.25, -0.2) is 14.4 Å². The molecule has 2 rings (SSSR count). The highest BCUT2D eigenvalue weighted by Crippen LogP contribution is 2.12. The number of hydrogen-bond donors (Lipinski definition) is 2. The standard InChI is InChI=1S/C14H13FN4O/c1-2-7-16-13(20)10-8-17-14(18-9-10)19-12-5-3-11(15)4-6-12/h2-6,8-9H,1,7H2,(H,16,20)(H,17,18,19). The predicted octanol–water partition coefficient (Wildman–Crippen LogP) is 2.28. The lowest BCUT2D eigenvalue weighted by Gasteiger charge is -2.05. The quantitative estimate of drug-likeness (QED) is 0.819. The molecule has 0 spiro atoms. The number of nitrogens with zero attached hydrogens (tertiary/aromatic N) is 2. The van der Waals surface area contributed by atoms with E-state index in [9.17, 15) is 9.18 Å². The SMILES string of the molecule is C=CCNC(=O)c1cnc(Nc2ccc(F)cc2)nc1. The summed E-state index contributed by atoms with van der Waals surface area (Å²) in [5.41, 5.74) is 1.02. The van der Waals surface area contributed by atoms with E-state index in [1.54, 1.807) is 18.2 Å². The molecular formula is C14H13FN4O. The Morgan fingerprint density at radius 1 is 1.25 bits per heavy atom. The average molecular weight is 272 g/mol. The van der Waals surface area contributed by atoms with Gasteiger partial charge >= 0.3 is 0 Å². The van der Waals surface area contributed by atoms with E-state index in [4.69, 9.17) is 0 Å². The first-order valence-corrected chi connectivity index (χ1v) is 5.93. The molecule has 0 unspecified atom stereocenters. The smallest absolute Gasteiger partial charge is 0.254 e. The Morgan fingerprint density at radius 2 is 1.90 bits per heavy atom. The number of amides is 1. The van der Waals surface area contributed by atoms with Gasteiger partial charge in [0.05, 0.1) is 5.56 Å². The molecular weight excluding hydrogens is 259 g/mol. The number of nitrogens with one attached hydrogen (secondary N) is 2. The van der Waals surface area contributed by atoms with Crippen LogP contribution in [-0.4, -0.2) is 22.4 Å². The minimum atomic E-state index is -0.314. The Kier molecular flexibility index (Phi) is 4.39. The Bertz CT molecular complexity index is 596. The molecule has 2 aromatic rings. The van der Waals surface area contributed by atoms with Crippen LogP contribution in [0.15, 0.2) is 49.3 Å². The molecule has 1 heterocycles. The summed E-state index contributed by atoms with van der Waals surface area (Å²) >= 11 is 0. The van der Waals surface area contributed by atoms with E-state index < -0.39 is 0 Å². The Hall–Kier alpha value is -2.76. The van der Waals surface area contributed by atoms with Gasteiger partial charge in [-0.05, 0) is 24.3 Å². The van der Waals surface area contributed by atoms with Crippen LogP contribution in [0.1, 0.15) is 10.4 Å². The molecule has 0 aliphatic rings. The minimum absolute atomic E-state index is 0.266. The highest BCUT2D eigenvalue weighted by atomic mass is 19.1. The van der Waals surface area contributed by atoms with Gasteiger partial charge in [0.2, 0.25) is 5.95 Å². The second kappa shape index (κ2) is 6.42. The Labute approximate surface area is 115 Å². The Balaban J connectivity index is 2.02. The zero-order valence-electron chi connectivity index (χ0n) is 10.6. The fourth-order valence-corrected chi connectivity index (χ4v) is 1.44. The maximum atomic E-state index is 12.8. The highest BCUT2D eigenvalue weighted by molar-refractivity contribution is 5.93. The summed E-state index contributed by atoms with van der Waals surface area (Å²) in [5.74, 6) is -0.249. The fraction of sp³-hybridized carbons (Fsp3) is 0.0714. The topological polar surface area (TPSA) is 66.9 Å². The number of hydrogen-bond acceptors (Lipinski definition) is 4. The van der Waals surface area contributed by atoms with Gasteiger partial charge in [0, 0.05) is 24.6 Å². The number of aromatic nitrogens is 2. The first kappa shape index (κ1) is 13.7. The molecule has 1 amide bonds. The van der Waals surface area contributed by atoms with E-state index in [2.05, 4.69) is 27.2 Å². The normalized spacial score (nSPS) is 9.85. The maximum absolute atomic E-state index is 12.8. The summed E-state index contributed by atoms with van der Waals surface area (Å²) in [7, 11) is 0. The molecule has 5 nitrogen and oxygen atoms in total. The zero-order valence-corrected chi connectivity index (χ0v) is 10.6. The third kappa shape index (κ3) is 3.61. The molecule has 2 N–H and O–H groups in total. The average Bonchev–Trinajstić information content (AvgIpc) is 2.48. The lowest BCUT2D eigenvalue weighted by Crippen LogP contribution is -2.23. The molecule has 0 saturated heterocycles. The van der Waals surface area contributed by atoms with Crippen molar-refractivity contribution in [3.63, 3.8) is 0 Å². The molecule has 0 bridgehead atoms. The van der Waals surface area contributed by atoms with Gasteiger partial charge in [-0.1, -0.05) is 6.08 Å². The van der Waals surface area contributed by atoms with Crippen molar-refractivity contribution in [1.29, 1.82) is 0 Å². The second-order valence-corrected chi connectivity index (χ2v) is 3.93. The van der Waals surface area contributed by atoms with E-state index in [0.29, 0.717) is 23.7 Å². The number of carbonyl (C=O) groups excluding carboxylic acids is 1. The van der Waals surface area contributed by atoms with Crippen molar-refractivity contribution in [3.05, 3.63) is 60.7 Å². The highest BCUT2D eigenvalue weighted by Gasteiger charge is 2.06. The van der Waals surface area contributed by atoms with Gasteiger partial charge in [-0.3, -0.25) is 4.79 Å². The summed E-state index contributed by atoms with van der Waals surface area (Å²) in [5, 5.41) is 5.53. The Morgan fingerprint density at radius 3 is 2.50 bits per heavy atom. The summed E-state index contributed by atoms with van der Waals surface area (Å²) in [4.78, 5) is 19.7. The molecule has 0 aliphatic heterocycles. The number of rotatable bonds is 5. The lowest BCUT2D eigenvalue weighted by molar-refractivity contribution is 0.0957. The fourth-order valence-electron chi connectivity index (χ4n) is 1.44. The summed E-state index contributed by atoms with van der Waals surface area (Å²) in [6.07, 6.45) is 4.41. The number of anilines is 2. The number of benzene rings is 1. The van der Waals surface area contributed by atoms with E-state index in [0.717, 1.165) is 0 Å². The summed E-state index contributed by atoms with van der Waals surface area (Å²) in [6.45, 7) is 3.89. The van der Waals surface area contributed by atoms with E-state index in [1.165, 1.54) is 24.5 Å². The van der Waals surface area contributed by atoms with Crippen molar-refractivity contribution < 1.29 is 9.18 Å². The second-order valence-electron chi connectivity index (χ2n) is 3.93. The summed E-state index contributed by atoms with van der Waals surface area (Å²) < 4.78 is 12.8. The number of halogens is 1. The maximum Gasteiger partial charge on any atom is 0.254 e. The van der Waals surface area contributed by atoms with Gasteiger partial charge in [0.25, 0.3) is 5.91 Å². The van der Waals surface area contributed by atoms with Crippen LogP contribution in [-0.2, 0) is 0 Å². The molecule has 102 valence electrons. The zero-order chi connectivity index (χ0) is 14.4. The van der Waals surface area contributed by atoms with Crippen LogP contribution in [0.3, 0.4) is 0 Å². The van der Waals surface area contributed by atoms with Gasteiger partial charge in [-0.15, -0.1) is 6.58 Å². The van der Waals surface area contributed by atoms with E-state index in [1.807, 2.05) is 0 Å². The largest absolute Gasteiger partial charge is 0.348 e. The molecule has 0 fully saturated rings. The van der Waals surface area contributed by atoms with Crippen molar-refractivity contribution in [3.8, 4) is 0 Å². The first-order valence-electron chi connectivity index (χ1n) is 5.93. The molecule has 0 atom stereocenters. The van der Waals surface area contributed by atoms with Gasteiger partial charge in [0.15, 0.2) is 0 Å². The summed E-state index contributed by atoms with van der Waals surface area (Å²) in [6, 6.07) is 5.81. The van der Waals surface area contributed by atoms with Crippen molar-refractivity contribution >= 4 is 17.5 Å². The van der Waals surface area contributed by atoms with Gasteiger partial charge in [-0.2, -0.15) is 0 Å². The molecule has 0 radical (unpaired) electrons. The molecule has 20 heavy (non-hydrogen) atoms. The monoisotopic (exact) mass is 272 g/mol. The van der Waals surface area contributed by atoms with Crippen LogP contribution in [0.2, 0.25) is 0 Å². The predicted molar refractivity (Wildman–Crippen MR) is 74.2 cm³/mol. The molecule has 1 aromatic carbocycles.